The van der Waals surface area contributed by atoms with Gasteiger partial charge in [0.2, 0.25) is 0 Å². The van der Waals surface area contributed by atoms with Gasteiger partial charge in [-0.3, -0.25) is 0 Å². The van der Waals surface area contributed by atoms with Gasteiger partial charge in [-0.1, -0.05) is 244 Å². The lowest BCUT2D eigenvalue weighted by Crippen LogP contribution is -2.31. The minimum Gasteiger partial charge on any atom is -0.310 e. The summed E-state index contributed by atoms with van der Waals surface area (Å²) in [5.41, 5.74) is 19.0. The van der Waals surface area contributed by atoms with Gasteiger partial charge in [0.15, 0.2) is 0 Å². The number of hydrogen-bond donors (Lipinski definition) is 0. The molecule has 1 aliphatic heterocycles. The first-order valence-corrected chi connectivity index (χ1v) is 29.0. The molecule has 16 aromatic rings. The van der Waals surface area contributed by atoms with Crippen molar-refractivity contribution < 1.29 is 0 Å². The molecule has 0 saturated carbocycles. The first kappa shape index (κ1) is 47.3. The summed E-state index contributed by atoms with van der Waals surface area (Å²) < 4.78 is 2.52. The number of anilines is 3. The second-order valence-corrected chi connectivity index (χ2v) is 23.1. The van der Waals surface area contributed by atoms with Crippen LogP contribution in [0.1, 0.15) is 25.0 Å². The fraction of sp³-hybridized carbons (Fsp3) is 0.0370. The topological polar surface area (TPSA) is 8.17 Å². The molecule has 1 aromatic heterocycles. The van der Waals surface area contributed by atoms with Crippen molar-refractivity contribution >= 4 is 104 Å². The number of hydrogen-bond acceptors (Lipinski definition) is 1. The molecule has 0 aliphatic carbocycles. The van der Waals surface area contributed by atoms with Gasteiger partial charge in [-0.15, -0.1) is 0 Å². The molecular formula is C81H54N2. The van der Waals surface area contributed by atoms with Crippen molar-refractivity contribution in [1.29, 1.82) is 0 Å². The van der Waals surface area contributed by atoms with Crippen molar-refractivity contribution in [3.8, 4) is 50.2 Å². The van der Waals surface area contributed by atoms with E-state index in [4.69, 9.17) is 0 Å². The van der Waals surface area contributed by atoms with E-state index >= 15 is 0 Å². The average molecular weight is 1060 g/mol. The van der Waals surface area contributed by atoms with Crippen LogP contribution in [-0.2, 0) is 5.41 Å². The monoisotopic (exact) mass is 1050 g/mol. The van der Waals surface area contributed by atoms with Crippen molar-refractivity contribution in [3.05, 3.63) is 302 Å². The number of aromatic nitrogens is 1. The first-order valence-electron chi connectivity index (χ1n) is 29.0. The molecule has 83 heavy (non-hydrogen) atoms. The summed E-state index contributed by atoms with van der Waals surface area (Å²) in [5, 5.41) is 17.5. The molecule has 0 amide bonds. The van der Waals surface area contributed by atoms with E-state index in [1.54, 1.807) is 0 Å². The van der Waals surface area contributed by atoms with E-state index in [1.807, 2.05) is 0 Å². The maximum atomic E-state index is 2.54. The molecule has 0 spiro atoms. The van der Waals surface area contributed by atoms with Crippen LogP contribution in [0.25, 0.3) is 137 Å². The lowest BCUT2D eigenvalue weighted by Gasteiger charge is -2.43. The van der Waals surface area contributed by atoms with Gasteiger partial charge in [-0.2, -0.15) is 0 Å². The molecule has 17 rings (SSSR count). The lowest BCUT2D eigenvalue weighted by molar-refractivity contribution is 0.638. The summed E-state index contributed by atoms with van der Waals surface area (Å²) in [5.74, 6) is 0. The van der Waals surface area contributed by atoms with Gasteiger partial charge in [0.25, 0.3) is 0 Å². The third kappa shape index (κ3) is 7.22. The van der Waals surface area contributed by atoms with Crippen LogP contribution in [0.4, 0.5) is 17.1 Å². The summed E-state index contributed by atoms with van der Waals surface area (Å²) in [6.45, 7) is 4.83. The average Bonchev–Trinajstić information content (AvgIpc) is 2.43. The zero-order valence-electron chi connectivity index (χ0n) is 46.1. The van der Waals surface area contributed by atoms with Crippen molar-refractivity contribution in [1.82, 2.24) is 4.57 Å². The Morgan fingerprint density at radius 3 is 1.59 bits per heavy atom. The largest absolute Gasteiger partial charge is 0.310 e. The first-order chi connectivity index (χ1) is 40.9. The van der Waals surface area contributed by atoms with Gasteiger partial charge in [-0.25, -0.2) is 0 Å². The van der Waals surface area contributed by atoms with Crippen molar-refractivity contribution in [2.45, 2.75) is 19.3 Å². The lowest BCUT2D eigenvalue weighted by atomic mass is 9.71. The minimum atomic E-state index is -0.302. The third-order valence-electron chi connectivity index (χ3n) is 18.3. The van der Waals surface area contributed by atoms with Crippen LogP contribution < -0.4 is 4.90 Å². The minimum absolute atomic E-state index is 0.302. The van der Waals surface area contributed by atoms with E-state index < -0.39 is 0 Å². The van der Waals surface area contributed by atoms with E-state index in [0.29, 0.717) is 0 Å². The summed E-state index contributed by atoms with van der Waals surface area (Å²) in [4.78, 5) is 2.54. The van der Waals surface area contributed by atoms with Gasteiger partial charge in [0.05, 0.1) is 22.4 Å². The van der Waals surface area contributed by atoms with E-state index in [1.165, 1.54) is 153 Å². The zero-order chi connectivity index (χ0) is 54.9. The van der Waals surface area contributed by atoms with E-state index in [2.05, 4.69) is 315 Å². The van der Waals surface area contributed by atoms with E-state index in [9.17, 15) is 0 Å². The number of nitrogens with zero attached hydrogens (tertiary/aromatic N) is 2. The highest BCUT2D eigenvalue weighted by Crippen LogP contribution is 2.55. The van der Waals surface area contributed by atoms with Gasteiger partial charge < -0.3 is 9.47 Å². The van der Waals surface area contributed by atoms with Gasteiger partial charge in [0, 0.05) is 27.6 Å². The van der Waals surface area contributed by atoms with Crippen molar-refractivity contribution in [2.75, 3.05) is 4.90 Å². The molecule has 1 aliphatic rings. The highest BCUT2D eigenvalue weighted by Gasteiger charge is 2.39. The molecule has 15 aromatic carbocycles. The quantitative estimate of drug-likeness (QED) is 0.151. The Bertz CT molecular complexity index is 5330. The Balaban J connectivity index is 0.883. The SMILES string of the molecule is CC1(C)c2ccc(-c3ccc4c(c3)c3c5cccc(-c6ccccc6)c5ccc3n4-c3ccc4c5ccc(-c6ccccc6)cc5c5ccccc5c4c3)cc2N(c2cccc(-c3cccc4ccccc34)c2)c2ccc3ccccc3c21. The summed E-state index contributed by atoms with van der Waals surface area (Å²) in [6.07, 6.45) is 0. The van der Waals surface area contributed by atoms with E-state index in [0.717, 1.165) is 11.4 Å². The Hall–Kier alpha value is -10.5. The maximum absolute atomic E-state index is 2.54. The van der Waals surface area contributed by atoms with Gasteiger partial charge >= 0.3 is 0 Å². The highest BCUT2D eigenvalue weighted by molar-refractivity contribution is 6.27. The Morgan fingerprint density at radius 2 is 0.795 bits per heavy atom. The second kappa shape index (κ2) is 18.2. The van der Waals surface area contributed by atoms with Gasteiger partial charge in [0.1, 0.15) is 0 Å². The maximum Gasteiger partial charge on any atom is 0.0547 e. The number of rotatable bonds is 6. The van der Waals surface area contributed by atoms with Crippen molar-refractivity contribution in [3.63, 3.8) is 0 Å². The van der Waals surface area contributed by atoms with Crippen LogP contribution >= 0.6 is 0 Å². The van der Waals surface area contributed by atoms with Crippen LogP contribution in [0.15, 0.2) is 291 Å². The van der Waals surface area contributed by atoms with Gasteiger partial charge in [-0.05, 0) is 181 Å². The molecule has 0 bridgehead atoms. The second-order valence-electron chi connectivity index (χ2n) is 23.1. The Kier molecular flexibility index (Phi) is 10.4. The number of fused-ring (bicyclic) bond motifs is 16. The number of benzene rings is 15. The normalized spacial score (nSPS) is 13.0. The summed E-state index contributed by atoms with van der Waals surface area (Å²) in [7, 11) is 0. The molecule has 0 radical (unpaired) electrons. The fourth-order valence-corrected chi connectivity index (χ4v) is 14.5. The zero-order valence-corrected chi connectivity index (χ0v) is 46.1. The molecule has 0 atom stereocenters. The van der Waals surface area contributed by atoms with Crippen molar-refractivity contribution in [2.24, 2.45) is 0 Å². The summed E-state index contributed by atoms with van der Waals surface area (Å²) >= 11 is 0. The van der Waals surface area contributed by atoms with E-state index in [-0.39, 0.29) is 5.41 Å². The molecule has 0 fully saturated rings. The molecule has 0 N–H and O–H groups in total. The fourth-order valence-electron chi connectivity index (χ4n) is 14.5. The van der Waals surface area contributed by atoms with Crippen LogP contribution in [0.3, 0.4) is 0 Å². The molecule has 2 heterocycles. The molecule has 0 unspecified atom stereocenters. The predicted molar refractivity (Wildman–Crippen MR) is 354 cm³/mol. The predicted octanol–water partition coefficient (Wildman–Crippen LogP) is 22.5. The smallest absolute Gasteiger partial charge is 0.0547 e. The molecule has 2 heteroatoms. The molecule has 388 valence electrons. The van der Waals surface area contributed by atoms with Crippen LogP contribution in [0.2, 0.25) is 0 Å². The molecular weight excluding hydrogens is 1000 g/mol. The Morgan fingerprint density at radius 1 is 0.265 bits per heavy atom. The Labute approximate surface area is 482 Å². The summed E-state index contributed by atoms with van der Waals surface area (Å²) in [6, 6.07) is 109. The standard InChI is InChI=1S/C81H54N2/c1-81(2)74-42-35-57(49-78(74)83(77-44-36-54-23-10-12-28-64(54)80(77)81)59-26-15-25-58(46-59)63-31-16-24-53-22-9-11-27-61(53)63)56-37-43-75-73(48-56)79-70-33-17-32-62(52-20-7-4-8-21-52)67(70)41-45-76(79)82(75)60-38-40-69-68-39-34-55(51-18-5-3-6-19-51)47-71(68)65-29-13-14-30-66(65)72(69)50-60/h3-50H,1-2H3. The third-order valence-corrected chi connectivity index (χ3v) is 18.3. The van der Waals surface area contributed by atoms with Crippen LogP contribution in [0, 0.1) is 0 Å². The molecule has 0 saturated heterocycles. The molecule has 2 nitrogen and oxygen atoms in total. The highest BCUT2D eigenvalue weighted by atomic mass is 15.2. The van der Waals surface area contributed by atoms with Crippen LogP contribution in [-0.4, -0.2) is 4.57 Å². The van der Waals surface area contributed by atoms with Crippen LogP contribution in [0.5, 0.6) is 0 Å².